The Morgan fingerprint density at radius 3 is 1.16 bits per heavy atom. The summed E-state index contributed by atoms with van der Waals surface area (Å²) in [5, 5.41) is 0. The number of hydrogen-bond donors (Lipinski definition) is 0. The van der Waals surface area contributed by atoms with Gasteiger partial charge < -0.3 is 4.74 Å². The van der Waals surface area contributed by atoms with Crippen molar-refractivity contribution in [1.82, 2.24) is 0 Å². The van der Waals surface area contributed by atoms with Gasteiger partial charge in [-0.2, -0.15) is 0 Å². The average Bonchev–Trinajstić information content (AvgIpc) is 3.24. The number of allylic oxidation sites excluding steroid dienone is 2. The van der Waals surface area contributed by atoms with Crippen molar-refractivity contribution in [3.63, 3.8) is 0 Å². The highest BCUT2D eigenvalue weighted by Crippen LogP contribution is 2.47. The van der Waals surface area contributed by atoms with Gasteiger partial charge in [0, 0.05) is 0 Å². The summed E-state index contributed by atoms with van der Waals surface area (Å²) >= 11 is 0. The Labute approximate surface area is 343 Å². The second kappa shape index (κ2) is 22.8. The molecule has 5 heteroatoms. The van der Waals surface area contributed by atoms with E-state index in [9.17, 15) is 17.6 Å². The molecular weight excluding hydrogens is 717 g/mol. The van der Waals surface area contributed by atoms with E-state index in [1.54, 1.807) is 12.1 Å². The molecule has 0 saturated heterocycles. The summed E-state index contributed by atoms with van der Waals surface area (Å²) in [4.78, 5) is 0. The quantitative estimate of drug-likeness (QED) is 0.108. The highest BCUT2D eigenvalue weighted by atomic mass is 19.2. The maximum Gasteiger partial charge on any atom is 0.159 e. The van der Waals surface area contributed by atoms with Crippen molar-refractivity contribution >= 4 is 11.1 Å². The number of hydrogen-bond acceptors (Lipinski definition) is 1. The molecule has 0 unspecified atom stereocenters. The van der Waals surface area contributed by atoms with Gasteiger partial charge >= 0.3 is 0 Å². The van der Waals surface area contributed by atoms with Crippen molar-refractivity contribution in [2.45, 2.75) is 168 Å². The van der Waals surface area contributed by atoms with Crippen LogP contribution in [-0.4, -0.2) is 13.2 Å². The minimum Gasteiger partial charge on any atom is -0.373 e. The van der Waals surface area contributed by atoms with E-state index < -0.39 is 23.3 Å². The number of benzene rings is 2. The second-order valence-corrected chi connectivity index (χ2v) is 18.9. The zero-order chi connectivity index (χ0) is 40.0. The minimum absolute atomic E-state index is 0.291. The van der Waals surface area contributed by atoms with E-state index in [-0.39, 0.29) is 0 Å². The largest absolute Gasteiger partial charge is 0.373 e. The van der Waals surface area contributed by atoms with E-state index in [0.717, 1.165) is 83.5 Å². The lowest BCUT2D eigenvalue weighted by Gasteiger charge is -2.38. The molecule has 6 rings (SSSR count). The van der Waals surface area contributed by atoms with Crippen LogP contribution < -0.4 is 0 Å². The zero-order valence-electron chi connectivity index (χ0n) is 35.5. The number of rotatable bonds is 18. The van der Waals surface area contributed by atoms with Gasteiger partial charge in [0.05, 0.1) is 13.2 Å². The standard InChI is InChI=1S/C52H74F4O/c1-3-5-7-9-37-11-15-39(16-12-37)41-19-23-43(24-20-41)47(45-27-29-49(53)51(55)35-45)31-33-57-34-32-48(46-28-30-50(54)52(56)36-46)44-25-21-42(22-26-44)40-17-13-38(14-18-40)10-8-6-4-2/h27-32,35-44H,3-26,33-34H2,1-2H3/t37-,38-,39-,40-,41-,42-,43-,44-. The molecule has 57 heavy (non-hydrogen) atoms. The van der Waals surface area contributed by atoms with Crippen LogP contribution in [0, 0.1) is 70.6 Å². The smallest absolute Gasteiger partial charge is 0.159 e. The van der Waals surface area contributed by atoms with Gasteiger partial charge in [-0.25, -0.2) is 17.6 Å². The number of unbranched alkanes of at least 4 members (excludes halogenated alkanes) is 4. The van der Waals surface area contributed by atoms with Gasteiger partial charge in [0.1, 0.15) is 0 Å². The SMILES string of the molecule is CCCCC[C@H]1CC[C@H]([C@H]2CC[C@H](C(=CCOCC=C(c3ccc(F)c(F)c3)[C@H]3CC[C@H]([C@H]4CC[C@H](CCCCC)CC4)CC3)c3ccc(F)c(F)c3)CC2)CC1. The molecule has 0 atom stereocenters. The first-order valence-electron chi connectivity index (χ1n) is 23.7. The first-order valence-corrected chi connectivity index (χ1v) is 23.7. The second-order valence-electron chi connectivity index (χ2n) is 18.9. The molecule has 0 aliphatic heterocycles. The summed E-state index contributed by atoms with van der Waals surface area (Å²) in [6, 6.07) is 8.62. The van der Waals surface area contributed by atoms with Gasteiger partial charge in [-0.1, -0.05) is 115 Å². The molecule has 316 valence electrons. The Kier molecular flexibility index (Phi) is 17.7. The van der Waals surface area contributed by atoms with Crippen LogP contribution in [0.2, 0.25) is 0 Å². The van der Waals surface area contributed by atoms with Crippen molar-refractivity contribution in [3.8, 4) is 0 Å². The topological polar surface area (TPSA) is 9.23 Å². The monoisotopic (exact) mass is 791 g/mol. The zero-order valence-corrected chi connectivity index (χ0v) is 35.5. The van der Waals surface area contributed by atoms with Crippen molar-refractivity contribution in [2.24, 2.45) is 47.3 Å². The van der Waals surface area contributed by atoms with E-state index in [2.05, 4.69) is 26.0 Å². The highest BCUT2D eigenvalue weighted by Gasteiger charge is 2.34. The lowest BCUT2D eigenvalue weighted by atomic mass is 9.67. The first-order chi connectivity index (χ1) is 27.8. The predicted octanol–water partition coefficient (Wildman–Crippen LogP) is 16.1. The fraction of sp³-hybridized carbons (Fsp3) is 0.692. The van der Waals surface area contributed by atoms with Crippen molar-refractivity contribution in [2.75, 3.05) is 13.2 Å². The molecular formula is C52H74F4O. The van der Waals surface area contributed by atoms with Crippen LogP contribution in [0.15, 0.2) is 48.6 Å². The lowest BCUT2D eigenvalue weighted by Crippen LogP contribution is -2.26. The van der Waals surface area contributed by atoms with E-state index >= 15 is 0 Å². The lowest BCUT2D eigenvalue weighted by molar-refractivity contribution is 0.152. The average molecular weight is 791 g/mol. The molecule has 0 bridgehead atoms. The first kappa shape index (κ1) is 44.2. The van der Waals surface area contributed by atoms with Gasteiger partial charge in [0.25, 0.3) is 0 Å². The molecule has 4 saturated carbocycles. The molecule has 0 spiro atoms. The molecule has 0 amide bonds. The van der Waals surface area contributed by atoms with Gasteiger partial charge in [0.15, 0.2) is 23.3 Å². The van der Waals surface area contributed by atoms with Gasteiger partial charge in [-0.15, -0.1) is 0 Å². The molecule has 4 aliphatic carbocycles. The summed E-state index contributed by atoms with van der Waals surface area (Å²) < 4.78 is 63.5. The molecule has 4 aliphatic rings. The van der Waals surface area contributed by atoms with Gasteiger partial charge in [0.2, 0.25) is 0 Å². The van der Waals surface area contributed by atoms with E-state index in [1.807, 2.05) is 0 Å². The third-order valence-electron chi connectivity index (χ3n) is 15.3. The molecule has 2 aromatic carbocycles. The number of halogens is 4. The van der Waals surface area contributed by atoms with E-state index in [4.69, 9.17) is 4.74 Å². The summed E-state index contributed by atoms with van der Waals surface area (Å²) in [5.41, 5.74) is 3.61. The van der Waals surface area contributed by atoms with Crippen LogP contribution in [0.3, 0.4) is 0 Å². The van der Waals surface area contributed by atoms with Crippen LogP contribution >= 0.6 is 0 Å². The van der Waals surface area contributed by atoms with Gasteiger partial charge in [-0.05, 0) is 171 Å². The van der Waals surface area contributed by atoms with Crippen LogP contribution in [0.5, 0.6) is 0 Å². The molecule has 4 fully saturated rings. The molecule has 1 nitrogen and oxygen atoms in total. The van der Waals surface area contributed by atoms with Crippen molar-refractivity contribution < 1.29 is 22.3 Å². The maximum absolute atomic E-state index is 14.6. The molecule has 0 heterocycles. The Morgan fingerprint density at radius 1 is 0.474 bits per heavy atom. The summed E-state index contributed by atoms with van der Waals surface area (Å²) in [6.07, 6.45) is 35.1. The normalized spacial score (nSPS) is 29.1. The predicted molar refractivity (Wildman–Crippen MR) is 230 cm³/mol. The maximum atomic E-state index is 14.6. The molecule has 0 N–H and O–H groups in total. The Morgan fingerprint density at radius 2 is 0.825 bits per heavy atom. The van der Waals surface area contributed by atoms with E-state index in [1.165, 1.54) is 153 Å². The Balaban J connectivity index is 1.06. The Bertz CT molecular complexity index is 1430. The van der Waals surface area contributed by atoms with E-state index in [0.29, 0.717) is 25.0 Å². The fourth-order valence-electron chi connectivity index (χ4n) is 11.8. The van der Waals surface area contributed by atoms with Crippen molar-refractivity contribution in [1.29, 1.82) is 0 Å². The molecule has 0 aromatic heterocycles. The third kappa shape index (κ3) is 12.8. The summed E-state index contributed by atoms with van der Waals surface area (Å²) in [5.74, 6) is 2.36. The Hall–Kier alpha value is -2.40. The number of ether oxygens (including phenoxy) is 1. The minimum atomic E-state index is -0.822. The molecule has 2 aromatic rings. The highest BCUT2D eigenvalue weighted by molar-refractivity contribution is 5.68. The summed E-state index contributed by atoms with van der Waals surface area (Å²) in [6.45, 7) is 5.28. The van der Waals surface area contributed by atoms with Crippen LogP contribution in [0.1, 0.15) is 179 Å². The van der Waals surface area contributed by atoms with Crippen LogP contribution in [0.4, 0.5) is 17.6 Å². The van der Waals surface area contributed by atoms with Gasteiger partial charge in [-0.3, -0.25) is 0 Å². The molecule has 0 radical (unpaired) electrons. The fourth-order valence-corrected chi connectivity index (χ4v) is 11.8. The van der Waals surface area contributed by atoms with Crippen LogP contribution in [0.25, 0.3) is 11.1 Å². The van der Waals surface area contributed by atoms with Crippen LogP contribution in [-0.2, 0) is 4.74 Å². The van der Waals surface area contributed by atoms with Crippen molar-refractivity contribution in [3.05, 3.63) is 82.9 Å². The third-order valence-corrected chi connectivity index (χ3v) is 15.3. The summed E-state index contributed by atoms with van der Waals surface area (Å²) in [7, 11) is 0.